The normalized spacial score (nSPS) is 15.2. The molecule has 1 aliphatic heterocycles. The maximum atomic E-state index is 2.54. The largest absolute Gasteiger partial charge is 0.345 e. The highest BCUT2D eigenvalue weighted by atomic mass is 32.1. The van der Waals surface area contributed by atoms with E-state index in [0.717, 1.165) is 13.1 Å². The van der Waals surface area contributed by atoms with Gasteiger partial charge in [0.2, 0.25) is 0 Å². The lowest BCUT2D eigenvalue weighted by atomic mass is 10.1. The van der Waals surface area contributed by atoms with E-state index in [1.807, 2.05) is 11.3 Å². The van der Waals surface area contributed by atoms with E-state index in [1.54, 1.807) is 0 Å². The molecule has 3 aromatic rings. The molecule has 0 radical (unpaired) electrons. The van der Waals surface area contributed by atoms with Gasteiger partial charge in [0.1, 0.15) is 6.17 Å². The van der Waals surface area contributed by atoms with E-state index >= 15 is 0 Å². The van der Waals surface area contributed by atoms with Crippen LogP contribution < -0.4 is 9.80 Å². The summed E-state index contributed by atoms with van der Waals surface area (Å²) >= 11 is 1.87. The Morgan fingerprint density at radius 3 is 1.60 bits per heavy atom. The Hall–Kier alpha value is -2.26. The van der Waals surface area contributed by atoms with Crippen molar-refractivity contribution in [3.63, 3.8) is 0 Å². The summed E-state index contributed by atoms with van der Waals surface area (Å²) < 4.78 is 0. The van der Waals surface area contributed by atoms with E-state index in [1.165, 1.54) is 32.9 Å². The van der Waals surface area contributed by atoms with Gasteiger partial charge in [-0.3, -0.25) is 0 Å². The van der Waals surface area contributed by atoms with Crippen LogP contribution in [0.4, 0.5) is 11.4 Å². The third-order valence-electron chi connectivity index (χ3n) is 5.04. The van der Waals surface area contributed by atoms with Crippen LogP contribution in [0.15, 0.2) is 60.0 Å². The summed E-state index contributed by atoms with van der Waals surface area (Å²) in [4.78, 5) is 6.52. The standard InChI is InChI=1S/C22H24N2S/c1-16-4-8-19(9-5-16)23-13-14-24(20-10-6-17(2)7-11-20)22(23)21-18(3)12-15-25-21/h4-12,15,22H,13-14H2,1-3H3. The zero-order valence-corrected chi connectivity index (χ0v) is 15.9. The van der Waals surface area contributed by atoms with Crippen LogP contribution in [-0.4, -0.2) is 13.1 Å². The lowest BCUT2D eigenvalue weighted by molar-refractivity contribution is 0.727. The van der Waals surface area contributed by atoms with E-state index < -0.39 is 0 Å². The van der Waals surface area contributed by atoms with Crippen LogP contribution in [-0.2, 0) is 0 Å². The average Bonchev–Trinajstić information content (AvgIpc) is 3.22. The third-order valence-corrected chi connectivity index (χ3v) is 6.10. The van der Waals surface area contributed by atoms with Crippen molar-refractivity contribution in [1.82, 2.24) is 0 Å². The Labute approximate surface area is 154 Å². The topological polar surface area (TPSA) is 6.48 Å². The molecule has 2 aromatic carbocycles. The zero-order valence-electron chi connectivity index (χ0n) is 15.1. The molecule has 1 saturated heterocycles. The monoisotopic (exact) mass is 348 g/mol. The number of aryl methyl sites for hydroxylation is 3. The lowest BCUT2D eigenvalue weighted by Crippen LogP contribution is -2.30. The molecule has 1 fully saturated rings. The minimum absolute atomic E-state index is 0.269. The summed E-state index contributed by atoms with van der Waals surface area (Å²) in [5.74, 6) is 0. The molecule has 4 rings (SSSR count). The fraction of sp³-hybridized carbons (Fsp3) is 0.273. The molecule has 1 aromatic heterocycles. The van der Waals surface area contributed by atoms with Crippen LogP contribution in [0.5, 0.6) is 0 Å². The molecule has 2 heterocycles. The number of rotatable bonds is 3. The molecule has 25 heavy (non-hydrogen) atoms. The smallest absolute Gasteiger partial charge is 0.138 e. The SMILES string of the molecule is Cc1ccc(N2CCN(c3ccc(C)cc3)C2c2sccc2C)cc1. The van der Waals surface area contributed by atoms with Crippen molar-refractivity contribution in [3.05, 3.63) is 81.5 Å². The summed E-state index contributed by atoms with van der Waals surface area (Å²) in [5, 5.41) is 2.21. The van der Waals surface area contributed by atoms with Crippen LogP contribution in [0.2, 0.25) is 0 Å². The average molecular weight is 349 g/mol. The maximum absolute atomic E-state index is 2.54. The number of hydrogen-bond acceptors (Lipinski definition) is 3. The zero-order chi connectivity index (χ0) is 17.4. The van der Waals surface area contributed by atoms with Gasteiger partial charge in [0, 0.05) is 24.5 Å². The number of anilines is 2. The maximum Gasteiger partial charge on any atom is 0.138 e. The fourth-order valence-corrected chi connectivity index (χ4v) is 4.62. The van der Waals surface area contributed by atoms with Crippen molar-refractivity contribution in [2.24, 2.45) is 0 Å². The van der Waals surface area contributed by atoms with Crippen LogP contribution >= 0.6 is 11.3 Å². The molecule has 1 aliphatic rings. The highest BCUT2D eigenvalue weighted by Crippen LogP contribution is 2.40. The van der Waals surface area contributed by atoms with E-state index in [2.05, 4.69) is 90.5 Å². The van der Waals surface area contributed by atoms with Crippen molar-refractivity contribution in [2.45, 2.75) is 26.9 Å². The van der Waals surface area contributed by atoms with Gasteiger partial charge in [-0.2, -0.15) is 0 Å². The second kappa shape index (κ2) is 6.57. The Morgan fingerprint density at radius 2 is 1.20 bits per heavy atom. The van der Waals surface area contributed by atoms with Crippen molar-refractivity contribution in [1.29, 1.82) is 0 Å². The summed E-state index contributed by atoms with van der Waals surface area (Å²) in [5.41, 5.74) is 6.60. The second-order valence-electron chi connectivity index (χ2n) is 6.90. The Balaban J connectivity index is 1.76. The van der Waals surface area contributed by atoms with Gasteiger partial charge in [-0.25, -0.2) is 0 Å². The van der Waals surface area contributed by atoms with Gasteiger partial charge < -0.3 is 9.80 Å². The molecule has 0 saturated carbocycles. The van der Waals surface area contributed by atoms with Gasteiger partial charge >= 0.3 is 0 Å². The Kier molecular flexibility index (Phi) is 4.26. The predicted molar refractivity (Wildman–Crippen MR) is 109 cm³/mol. The van der Waals surface area contributed by atoms with Crippen molar-refractivity contribution >= 4 is 22.7 Å². The molecule has 0 N–H and O–H groups in total. The predicted octanol–water partition coefficient (Wildman–Crippen LogP) is 5.70. The summed E-state index contributed by atoms with van der Waals surface area (Å²) in [6, 6.07) is 20.1. The number of benzene rings is 2. The second-order valence-corrected chi connectivity index (χ2v) is 7.85. The van der Waals surface area contributed by atoms with Crippen LogP contribution in [0.25, 0.3) is 0 Å². The molecular weight excluding hydrogens is 324 g/mol. The highest BCUT2D eigenvalue weighted by Gasteiger charge is 2.35. The first kappa shape index (κ1) is 16.2. The lowest BCUT2D eigenvalue weighted by Gasteiger charge is -2.33. The molecule has 0 atom stereocenters. The van der Waals surface area contributed by atoms with Gasteiger partial charge in [0.05, 0.1) is 4.88 Å². The Bertz CT molecular complexity index is 795. The van der Waals surface area contributed by atoms with Crippen LogP contribution in [0, 0.1) is 20.8 Å². The molecule has 0 spiro atoms. The molecule has 0 bridgehead atoms. The van der Waals surface area contributed by atoms with Crippen molar-refractivity contribution < 1.29 is 0 Å². The molecule has 128 valence electrons. The number of thiophene rings is 1. The van der Waals surface area contributed by atoms with E-state index in [-0.39, 0.29) is 6.17 Å². The molecule has 3 heteroatoms. The van der Waals surface area contributed by atoms with Crippen LogP contribution in [0.3, 0.4) is 0 Å². The number of nitrogens with zero attached hydrogens (tertiary/aromatic N) is 2. The van der Waals surface area contributed by atoms with E-state index in [0.29, 0.717) is 0 Å². The minimum atomic E-state index is 0.269. The van der Waals surface area contributed by atoms with Gasteiger partial charge in [-0.1, -0.05) is 35.4 Å². The van der Waals surface area contributed by atoms with E-state index in [4.69, 9.17) is 0 Å². The first-order chi connectivity index (χ1) is 12.1. The third kappa shape index (κ3) is 3.05. The summed E-state index contributed by atoms with van der Waals surface area (Å²) in [6.45, 7) is 8.60. The molecular formula is C22H24N2S. The molecule has 0 aliphatic carbocycles. The first-order valence-electron chi connectivity index (χ1n) is 8.84. The molecule has 0 unspecified atom stereocenters. The number of hydrogen-bond donors (Lipinski definition) is 0. The molecule has 2 nitrogen and oxygen atoms in total. The minimum Gasteiger partial charge on any atom is -0.345 e. The van der Waals surface area contributed by atoms with Gasteiger partial charge in [-0.15, -0.1) is 11.3 Å². The summed E-state index contributed by atoms with van der Waals surface area (Å²) in [7, 11) is 0. The Morgan fingerprint density at radius 1 is 0.720 bits per heavy atom. The van der Waals surface area contributed by atoms with Crippen LogP contribution in [0.1, 0.15) is 27.7 Å². The quantitative estimate of drug-likeness (QED) is 0.599. The van der Waals surface area contributed by atoms with Gasteiger partial charge in [0.15, 0.2) is 0 Å². The fourth-order valence-electron chi connectivity index (χ4n) is 3.57. The first-order valence-corrected chi connectivity index (χ1v) is 9.72. The van der Waals surface area contributed by atoms with E-state index in [9.17, 15) is 0 Å². The highest BCUT2D eigenvalue weighted by molar-refractivity contribution is 7.10. The molecule has 0 amide bonds. The van der Waals surface area contributed by atoms with Gasteiger partial charge in [-0.05, 0) is 62.0 Å². The van der Waals surface area contributed by atoms with Gasteiger partial charge in [0.25, 0.3) is 0 Å². The van der Waals surface area contributed by atoms with Crippen molar-refractivity contribution in [3.8, 4) is 0 Å². The van der Waals surface area contributed by atoms with Crippen molar-refractivity contribution in [2.75, 3.05) is 22.9 Å². The summed E-state index contributed by atoms with van der Waals surface area (Å²) in [6.07, 6.45) is 0.269.